The molecular formula is C16H16N4O7S. The number of carbonyl (C=O) groups is 1. The van der Waals surface area contributed by atoms with Crippen molar-refractivity contribution in [3.05, 3.63) is 56.5 Å². The normalized spacial score (nSPS) is 14.7. The van der Waals surface area contributed by atoms with Crippen molar-refractivity contribution in [1.29, 1.82) is 0 Å². The van der Waals surface area contributed by atoms with Gasteiger partial charge in [0.2, 0.25) is 10.0 Å². The second-order valence-corrected chi connectivity index (χ2v) is 8.04. The Morgan fingerprint density at radius 1 is 1.25 bits per heavy atom. The topological polar surface area (TPSA) is 163 Å². The zero-order valence-electron chi connectivity index (χ0n) is 14.4. The number of H-pyrrole nitrogens is 1. The Balaban J connectivity index is 1.93. The number of pyridine rings is 1. The first-order valence-electron chi connectivity index (χ1n) is 8.22. The summed E-state index contributed by atoms with van der Waals surface area (Å²) in [6.07, 6.45) is 2.34. The predicted octanol–water partition coefficient (Wildman–Crippen LogP) is 1.03. The predicted molar refractivity (Wildman–Crippen MR) is 97.8 cm³/mol. The molecule has 12 heteroatoms. The van der Waals surface area contributed by atoms with Crippen molar-refractivity contribution in [1.82, 2.24) is 9.29 Å². The highest BCUT2D eigenvalue weighted by atomic mass is 32.2. The summed E-state index contributed by atoms with van der Waals surface area (Å²) in [5.74, 6) is -1.45. The van der Waals surface area contributed by atoms with Gasteiger partial charge >= 0.3 is 0 Å². The van der Waals surface area contributed by atoms with E-state index in [-0.39, 0.29) is 10.6 Å². The summed E-state index contributed by atoms with van der Waals surface area (Å²) in [6.45, 7) is 0.766. The second-order valence-electron chi connectivity index (χ2n) is 6.10. The van der Waals surface area contributed by atoms with Crippen LogP contribution >= 0.6 is 0 Å². The molecule has 0 saturated carbocycles. The Labute approximate surface area is 158 Å². The third-order valence-corrected chi connectivity index (χ3v) is 6.16. The van der Waals surface area contributed by atoms with Gasteiger partial charge in [0.15, 0.2) is 0 Å². The third-order valence-electron chi connectivity index (χ3n) is 4.26. The highest BCUT2D eigenvalue weighted by Gasteiger charge is 2.28. The lowest BCUT2D eigenvalue weighted by Crippen LogP contribution is -2.28. The number of aromatic amines is 1. The highest BCUT2D eigenvalue weighted by molar-refractivity contribution is 7.89. The van der Waals surface area contributed by atoms with E-state index < -0.39 is 43.4 Å². The van der Waals surface area contributed by atoms with Crippen molar-refractivity contribution >= 4 is 27.3 Å². The van der Waals surface area contributed by atoms with Crippen LogP contribution in [-0.2, 0) is 10.0 Å². The number of rotatable bonds is 5. The molecule has 3 N–H and O–H groups in total. The standard InChI is InChI=1S/C16H16N4O7S/c21-14-4-3-11(28(26,27)19-5-1-2-6-19)8-13(14)18-16(23)12-7-10(20(24)25)9-17-15(12)22/h3-4,7-9,21H,1-2,5-6H2,(H,17,22)(H,18,23). The molecule has 0 radical (unpaired) electrons. The molecule has 2 heterocycles. The Morgan fingerprint density at radius 2 is 1.93 bits per heavy atom. The monoisotopic (exact) mass is 408 g/mol. The minimum Gasteiger partial charge on any atom is -0.506 e. The van der Waals surface area contributed by atoms with Gasteiger partial charge in [-0.2, -0.15) is 4.31 Å². The SMILES string of the molecule is O=C(Nc1cc(S(=O)(=O)N2CCCC2)ccc1O)c1cc([N+](=O)[O-])c[nH]c1=O. The minimum atomic E-state index is -3.79. The largest absolute Gasteiger partial charge is 0.506 e. The Morgan fingerprint density at radius 3 is 2.57 bits per heavy atom. The number of amides is 1. The van der Waals surface area contributed by atoms with Crippen LogP contribution in [0.15, 0.2) is 40.2 Å². The van der Waals surface area contributed by atoms with Gasteiger partial charge in [-0.1, -0.05) is 0 Å². The number of hydrogen-bond donors (Lipinski definition) is 3. The molecule has 1 aromatic heterocycles. The van der Waals surface area contributed by atoms with Crippen LogP contribution in [0, 0.1) is 10.1 Å². The average Bonchev–Trinajstić information content (AvgIpc) is 3.19. The summed E-state index contributed by atoms with van der Waals surface area (Å²) < 4.78 is 26.6. The fourth-order valence-electron chi connectivity index (χ4n) is 2.79. The van der Waals surface area contributed by atoms with Gasteiger partial charge < -0.3 is 15.4 Å². The van der Waals surface area contributed by atoms with Gasteiger partial charge in [0, 0.05) is 19.2 Å². The number of nitrogens with zero attached hydrogens (tertiary/aromatic N) is 2. The van der Waals surface area contributed by atoms with Gasteiger partial charge in [-0.15, -0.1) is 0 Å². The van der Waals surface area contributed by atoms with Crippen LogP contribution in [0.2, 0.25) is 0 Å². The van der Waals surface area contributed by atoms with E-state index in [0.717, 1.165) is 37.2 Å². The first kappa shape index (κ1) is 19.5. The molecule has 0 bridgehead atoms. The Kier molecular flexibility index (Phi) is 5.16. The van der Waals surface area contributed by atoms with Gasteiger partial charge in [-0.25, -0.2) is 8.42 Å². The summed E-state index contributed by atoms with van der Waals surface area (Å²) in [7, 11) is -3.79. The van der Waals surface area contributed by atoms with Gasteiger partial charge in [0.1, 0.15) is 11.3 Å². The molecule has 1 aliphatic heterocycles. The maximum Gasteiger partial charge on any atom is 0.286 e. The fourth-order valence-corrected chi connectivity index (χ4v) is 4.33. The van der Waals surface area contributed by atoms with E-state index in [9.17, 15) is 33.2 Å². The van der Waals surface area contributed by atoms with E-state index in [4.69, 9.17) is 0 Å². The summed E-state index contributed by atoms with van der Waals surface area (Å²) in [5.41, 5.74) is -2.17. The van der Waals surface area contributed by atoms with E-state index >= 15 is 0 Å². The number of aromatic hydroxyl groups is 1. The number of nitrogens with one attached hydrogen (secondary N) is 2. The Bertz CT molecular complexity index is 1100. The summed E-state index contributed by atoms with van der Waals surface area (Å²) in [5, 5.41) is 23.0. The Hall–Kier alpha value is -3.25. The molecule has 1 amide bonds. The fraction of sp³-hybridized carbons (Fsp3) is 0.250. The van der Waals surface area contributed by atoms with Crippen molar-refractivity contribution in [2.45, 2.75) is 17.7 Å². The maximum atomic E-state index is 12.6. The lowest BCUT2D eigenvalue weighted by Gasteiger charge is -2.16. The summed E-state index contributed by atoms with van der Waals surface area (Å²) in [4.78, 5) is 36.1. The van der Waals surface area contributed by atoms with Crippen molar-refractivity contribution < 1.29 is 23.2 Å². The first-order valence-corrected chi connectivity index (χ1v) is 9.66. The highest BCUT2D eigenvalue weighted by Crippen LogP contribution is 2.29. The van der Waals surface area contributed by atoms with E-state index in [2.05, 4.69) is 10.3 Å². The molecule has 0 unspecified atom stereocenters. The zero-order chi connectivity index (χ0) is 20.5. The van der Waals surface area contributed by atoms with E-state index in [0.29, 0.717) is 13.1 Å². The molecule has 28 heavy (non-hydrogen) atoms. The molecule has 1 aromatic carbocycles. The summed E-state index contributed by atoms with van der Waals surface area (Å²) >= 11 is 0. The van der Waals surface area contributed by atoms with Crippen LogP contribution in [-0.4, -0.2) is 46.7 Å². The van der Waals surface area contributed by atoms with E-state index in [1.165, 1.54) is 10.4 Å². The van der Waals surface area contributed by atoms with E-state index in [1.807, 2.05) is 0 Å². The number of phenols is 1. The smallest absolute Gasteiger partial charge is 0.286 e. The molecule has 148 valence electrons. The molecule has 1 aliphatic rings. The molecule has 2 aromatic rings. The van der Waals surface area contributed by atoms with Crippen LogP contribution in [0.1, 0.15) is 23.2 Å². The number of benzene rings is 1. The van der Waals surface area contributed by atoms with Gasteiger partial charge in [0.05, 0.1) is 21.7 Å². The van der Waals surface area contributed by atoms with Crippen molar-refractivity contribution in [2.24, 2.45) is 0 Å². The molecule has 1 fully saturated rings. The quantitative estimate of drug-likeness (QED) is 0.378. The van der Waals surface area contributed by atoms with Crippen molar-refractivity contribution in [2.75, 3.05) is 18.4 Å². The van der Waals surface area contributed by atoms with Gasteiger partial charge in [0.25, 0.3) is 17.2 Å². The van der Waals surface area contributed by atoms with Gasteiger partial charge in [-0.3, -0.25) is 19.7 Å². The number of nitro groups is 1. The van der Waals surface area contributed by atoms with Crippen LogP contribution in [0.25, 0.3) is 0 Å². The molecule has 3 rings (SSSR count). The van der Waals surface area contributed by atoms with Crippen LogP contribution in [0.4, 0.5) is 11.4 Å². The minimum absolute atomic E-state index is 0.129. The maximum absolute atomic E-state index is 12.6. The van der Waals surface area contributed by atoms with Crippen LogP contribution in [0.5, 0.6) is 5.75 Å². The third kappa shape index (κ3) is 3.73. The van der Waals surface area contributed by atoms with Crippen LogP contribution < -0.4 is 10.9 Å². The average molecular weight is 408 g/mol. The number of carbonyl (C=O) groups excluding carboxylic acids is 1. The number of hydrogen-bond acceptors (Lipinski definition) is 7. The number of aromatic nitrogens is 1. The first-order chi connectivity index (χ1) is 13.2. The van der Waals surface area contributed by atoms with Crippen LogP contribution in [0.3, 0.4) is 0 Å². The second kappa shape index (κ2) is 7.40. The molecule has 0 atom stereocenters. The van der Waals surface area contributed by atoms with Gasteiger partial charge in [-0.05, 0) is 31.0 Å². The molecule has 0 aliphatic carbocycles. The molecule has 11 nitrogen and oxygen atoms in total. The lowest BCUT2D eigenvalue weighted by molar-refractivity contribution is -0.385. The zero-order valence-corrected chi connectivity index (χ0v) is 15.2. The molecule has 0 spiro atoms. The van der Waals surface area contributed by atoms with Crippen molar-refractivity contribution in [3.8, 4) is 5.75 Å². The molecule has 1 saturated heterocycles. The summed E-state index contributed by atoms with van der Waals surface area (Å²) in [6, 6.07) is 4.18. The molecular weight excluding hydrogens is 392 g/mol. The number of anilines is 1. The van der Waals surface area contributed by atoms with E-state index in [1.54, 1.807) is 0 Å². The number of sulfonamides is 1. The van der Waals surface area contributed by atoms with Crippen molar-refractivity contribution in [3.63, 3.8) is 0 Å². The number of phenolic OH excluding ortho intramolecular Hbond substituents is 1. The lowest BCUT2D eigenvalue weighted by atomic mass is 10.2.